The smallest absolute Gasteiger partial charge is 0.184 e. The van der Waals surface area contributed by atoms with E-state index in [4.69, 9.17) is 21.1 Å². The lowest BCUT2D eigenvalue weighted by Crippen LogP contribution is -2.46. The molecule has 0 unspecified atom stereocenters. The van der Waals surface area contributed by atoms with E-state index in [1.165, 1.54) is 0 Å². The molecule has 4 rings (SSSR count). The molecule has 0 bridgehead atoms. The highest BCUT2D eigenvalue weighted by atomic mass is 35.5. The molecule has 1 aliphatic heterocycles. The van der Waals surface area contributed by atoms with Crippen molar-refractivity contribution in [2.75, 3.05) is 49.7 Å². The fourth-order valence-corrected chi connectivity index (χ4v) is 3.76. The van der Waals surface area contributed by atoms with Gasteiger partial charge in [0.1, 0.15) is 0 Å². The van der Waals surface area contributed by atoms with Crippen molar-refractivity contribution in [1.82, 2.24) is 10.2 Å². The number of benzene rings is 2. The molecule has 0 atom stereocenters. The van der Waals surface area contributed by atoms with Crippen LogP contribution in [0.1, 0.15) is 13.3 Å². The first-order valence-corrected chi connectivity index (χ1v) is 9.94. The van der Waals surface area contributed by atoms with Crippen LogP contribution >= 0.6 is 11.6 Å². The Hall–Kier alpha value is -2.60. The van der Waals surface area contributed by atoms with Gasteiger partial charge in [0.15, 0.2) is 17.3 Å². The van der Waals surface area contributed by atoms with Crippen LogP contribution in [0, 0.1) is 6.07 Å². The number of fused-ring (bicyclic) bond motifs is 1. The molecule has 2 aromatic carbocycles. The number of nitrogens with one attached hydrogen (secondary N) is 1. The first-order chi connectivity index (χ1) is 13.7. The number of rotatable bonds is 6. The van der Waals surface area contributed by atoms with E-state index in [0.29, 0.717) is 17.4 Å². The van der Waals surface area contributed by atoms with Crippen LogP contribution in [-0.4, -0.2) is 50.1 Å². The van der Waals surface area contributed by atoms with Gasteiger partial charge in [0.2, 0.25) is 0 Å². The second-order valence-corrected chi connectivity index (χ2v) is 7.22. The number of aromatic nitrogens is 2. The Bertz CT molecular complexity index is 951. The number of piperazine rings is 1. The third kappa shape index (κ3) is 3.56. The minimum absolute atomic E-state index is 0.653. The molecule has 1 N–H and O–H groups in total. The van der Waals surface area contributed by atoms with E-state index in [1.54, 1.807) is 7.11 Å². The molecule has 1 aromatic heterocycles. The maximum Gasteiger partial charge on any atom is 0.184 e. The standard InChI is InChI=1S/C21H24ClN4O2/c1-3-13-28-19-6-4-5-18(20(19)27-2)25-9-11-26(12-10-25)21-16-8-7-15(22)14-17(16)23-24-21/h4-5,7-8,14H,3,9-13H2,1-2H3,(H,23,24). The van der Waals surface area contributed by atoms with Crippen LogP contribution in [0.2, 0.25) is 5.02 Å². The fraction of sp³-hybridized carbons (Fsp3) is 0.381. The average Bonchev–Trinajstić information content (AvgIpc) is 3.15. The number of H-pyrrole nitrogens is 1. The van der Waals surface area contributed by atoms with E-state index in [-0.39, 0.29) is 0 Å². The Kier molecular flexibility index (Phi) is 5.48. The van der Waals surface area contributed by atoms with Gasteiger partial charge in [-0.2, -0.15) is 5.10 Å². The summed E-state index contributed by atoms with van der Waals surface area (Å²) < 4.78 is 11.5. The highest BCUT2D eigenvalue weighted by Gasteiger charge is 2.24. The Morgan fingerprint density at radius 1 is 1.18 bits per heavy atom. The van der Waals surface area contributed by atoms with Gasteiger partial charge >= 0.3 is 0 Å². The summed E-state index contributed by atoms with van der Waals surface area (Å²) in [4.78, 5) is 4.63. The number of aromatic amines is 1. The van der Waals surface area contributed by atoms with Crippen molar-refractivity contribution in [3.8, 4) is 11.5 Å². The molecule has 0 saturated carbocycles. The summed E-state index contributed by atoms with van der Waals surface area (Å²) >= 11 is 6.08. The van der Waals surface area contributed by atoms with Gasteiger partial charge in [0.25, 0.3) is 0 Å². The van der Waals surface area contributed by atoms with Gasteiger partial charge in [-0.05, 0) is 36.8 Å². The summed E-state index contributed by atoms with van der Waals surface area (Å²) in [6.07, 6.45) is 0.947. The predicted octanol–water partition coefficient (Wildman–Crippen LogP) is 4.14. The molecule has 3 aromatic rings. The number of nitrogens with zero attached hydrogens (tertiary/aromatic N) is 3. The van der Waals surface area contributed by atoms with Crippen molar-refractivity contribution in [2.24, 2.45) is 0 Å². The summed E-state index contributed by atoms with van der Waals surface area (Å²) in [5, 5.41) is 9.40. The molecule has 1 fully saturated rings. The molecule has 0 amide bonds. The van der Waals surface area contributed by atoms with E-state index in [9.17, 15) is 0 Å². The number of anilines is 2. The molecular weight excluding hydrogens is 376 g/mol. The Balaban J connectivity index is 1.51. The lowest BCUT2D eigenvalue weighted by atomic mass is 10.2. The van der Waals surface area contributed by atoms with Crippen LogP contribution in [0.15, 0.2) is 30.3 Å². The molecule has 6 nitrogen and oxygen atoms in total. The number of halogens is 1. The average molecular weight is 400 g/mol. The monoisotopic (exact) mass is 399 g/mol. The molecule has 1 aliphatic rings. The topological polar surface area (TPSA) is 53.6 Å². The molecule has 147 valence electrons. The molecule has 0 aliphatic carbocycles. The Morgan fingerprint density at radius 2 is 1.96 bits per heavy atom. The number of methoxy groups -OCH3 is 1. The van der Waals surface area contributed by atoms with Crippen molar-refractivity contribution in [3.05, 3.63) is 41.4 Å². The van der Waals surface area contributed by atoms with Crippen LogP contribution in [0.4, 0.5) is 11.5 Å². The molecule has 1 saturated heterocycles. The first kappa shape index (κ1) is 18.7. The van der Waals surface area contributed by atoms with Crippen molar-refractivity contribution >= 4 is 34.0 Å². The maximum absolute atomic E-state index is 6.08. The highest BCUT2D eigenvalue weighted by Crippen LogP contribution is 2.38. The van der Waals surface area contributed by atoms with Crippen molar-refractivity contribution in [3.63, 3.8) is 0 Å². The number of hydrogen-bond acceptors (Lipinski definition) is 5. The van der Waals surface area contributed by atoms with E-state index >= 15 is 0 Å². The Morgan fingerprint density at radius 3 is 2.71 bits per heavy atom. The van der Waals surface area contributed by atoms with Crippen molar-refractivity contribution in [2.45, 2.75) is 13.3 Å². The van der Waals surface area contributed by atoms with Gasteiger partial charge in [-0.1, -0.05) is 18.5 Å². The van der Waals surface area contributed by atoms with E-state index in [0.717, 1.165) is 60.8 Å². The summed E-state index contributed by atoms with van der Waals surface area (Å²) in [6, 6.07) is 12.9. The highest BCUT2D eigenvalue weighted by molar-refractivity contribution is 6.31. The maximum atomic E-state index is 6.08. The second-order valence-electron chi connectivity index (χ2n) is 6.78. The summed E-state index contributed by atoms with van der Waals surface area (Å²) in [6.45, 7) is 6.22. The van der Waals surface area contributed by atoms with Crippen LogP contribution in [0.25, 0.3) is 10.9 Å². The van der Waals surface area contributed by atoms with Crippen LogP contribution < -0.4 is 19.3 Å². The van der Waals surface area contributed by atoms with Gasteiger partial charge < -0.3 is 19.3 Å². The fourth-order valence-electron chi connectivity index (χ4n) is 3.59. The molecule has 2 heterocycles. The summed E-state index contributed by atoms with van der Waals surface area (Å²) in [7, 11) is 1.68. The zero-order chi connectivity index (χ0) is 19.5. The third-order valence-corrected chi connectivity index (χ3v) is 5.21. The molecular formula is C21H24ClN4O2. The molecule has 28 heavy (non-hydrogen) atoms. The van der Waals surface area contributed by atoms with Crippen LogP contribution in [0.3, 0.4) is 0 Å². The zero-order valence-electron chi connectivity index (χ0n) is 16.2. The van der Waals surface area contributed by atoms with Gasteiger partial charge in [0.05, 0.1) is 24.9 Å². The van der Waals surface area contributed by atoms with Gasteiger partial charge in [-0.3, -0.25) is 5.10 Å². The van der Waals surface area contributed by atoms with Crippen molar-refractivity contribution in [1.29, 1.82) is 0 Å². The third-order valence-electron chi connectivity index (χ3n) is 4.97. The Labute approximate surface area is 170 Å². The number of hydrogen-bond donors (Lipinski definition) is 1. The van der Waals surface area contributed by atoms with Crippen molar-refractivity contribution < 1.29 is 9.47 Å². The lowest BCUT2D eigenvalue weighted by Gasteiger charge is -2.37. The summed E-state index contributed by atoms with van der Waals surface area (Å²) in [5.74, 6) is 2.41. The van der Waals surface area contributed by atoms with Crippen LogP contribution in [-0.2, 0) is 0 Å². The lowest BCUT2D eigenvalue weighted by molar-refractivity contribution is 0.293. The van der Waals surface area contributed by atoms with E-state index in [2.05, 4.69) is 33.0 Å². The van der Waals surface area contributed by atoms with Crippen LogP contribution in [0.5, 0.6) is 11.5 Å². The normalized spacial score (nSPS) is 14.5. The minimum atomic E-state index is 0.653. The number of ether oxygens (including phenoxy) is 2. The predicted molar refractivity (Wildman–Crippen MR) is 113 cm³/mol. The van der Waals surface area contributed by atoms with E-state index < -0.39 is 0 Å². The summed E-state index contributed by atoms with van der Waals surface area (Å²) in [5.41, 5.74) is 2.01. The largest absolute Gasteiger partial charge is 0.491 e. The second kappa shape index (κ2) is 8.19. The zero-order valence-corrected chi connectivity index (χ0v) is 16.9. The molecule has 1 radical (unpaired) electrons. The minimum Gasteiger partial charge on any atom is -0.491 e. The van der Waals surface area contributed by atoms with Gasteiger partial charge in [0, 0.05) is 42.7 Å². The molecule has 7 heteroatoms. The van der Waals surface area contributed by atoms with E-state index in [1.807, 2.05) is 30.3 Å². The quantitative estimate of drug-likeness (QED) is 0.675. The van der Waals surface area contributed by atoms with Gasteiger partial charge in [-0.25, -0.2) is 0 Å². The molecule has 0 spiro atoms. The first-order valence-electron chi connectivity index (χ1n) is 9.56. The van der Waals surface area contributed by atoms with Gasteiger partial charge in [-0.15, -0.1) is 0 Å². The SMILES string of the molecule is CCCOc1[c]ccc(N2CCN(c3n[nH]c4cc(Cl)ccc34)CC2)c1OC.